The summed E-state index contributed by atoms with van der Waals surface area (Å²) in [6, 6.07) is 21.0. The number of benzene rings is 3. The lowest BCUT2D eigenvalue weighted by Gasteiger charge is -2.34. The molecular formula is C32H30BClFN7O2S. The monoisotopic (exact) mass is 641 g/mol. The van der Waals surface area contributed by atoms with Crippen LogP contribution in [0.25, 0.3) is 10.9 Å². The zero-order chi connectivity index (χ0) is 31.8. The zero-order valence-electron chi connectivity index (χ0n) is 24.4. The van der Waals surface area contributed by atoms with Crippen LogP contribution in [0.3, 0.4) is 0 Å². The maximum Gasteiger partial charge on any atom is 0.147 e. The van der Waals surface area contributed by atoms with Crippen molar-refractivity contribution in [2.24, 2.45) is 0 Å². The molecular weight excluding hydrogens is 612 g/mol. The Hall–Kier alpha value is -4.31. The Morgan fingerprint density at radius 1 is 1.20 bits per heavy atom. The van der Waals surface area contributed by atoms with Crippen LogP contribution < -0.4 is 21.6 Å². The Bertz CT molecular complexity index is 1920. The number of hydrogen-bond acceptors (Lipinski definition) is 9. The molecule has 0 bridgehead atoms. The summed E-state index contributed by atoms with van der Waals surface area (Å²) in [6.07, 6.45) is 6.91. The third-order valence-electron chi connectivity index (χ3n) is 7.94. The number of nitrogens with zero attached hydrogens (tertiary/aromatic N) is 3. The first-order valence-corrected chi connectivity index (χ1v) is 16.8. The van der Waals surface area contributed by atoms with Gasteiger partial charge in [0, 0.05) is 35.8 Å². The van der Waals surface area contributed by atoms with Gasteiger partial charge in [0.2, 0.25) is 0 Å². The summed E-state index contributed by atoms with van der Waals surface area (Å²) >= 11 is 6.80. The molecule has 228 valence electrons. The highest BCUT2D eigenvalue weighted by Crippen LogP contribution is 2.39. The van der Waals surface area contributed by atoms with Gasteiger partial charge in [-0.25, -0.2) is 12.8 Å². The van der Waals surface area contributed by atoms with E-state index in [1.165, 1.54) is 24.6 Å². The highest BCUT2D eigenvalue weighted by molar-refractivity contribution is 7.90. The predicted octanol–water partition coefficient (Wildman–Crippen LogP) is 5.25. The number of pyridine rings is 1. The average molecular weight is 642 g/mol. The molecule has 0 unspecified atom stereocenters. The maximum atomic E-state index is 13.9. The minimum atomic E-state index is -3.26. The van der Waals surface area contributed by atoms with Crippen molar-refractivity contribution in [1.29, 1.82) is 5.26 Å². The first kappa shape index (κ1) is 30.7. The van der Waals surface area contributed by atoms with Gasteiger partial charge < -0.3 is 16.1 Å². The van der Waals surface area contributed by atoms with Crippen molar-refractivity contribution in [2.75, 3.05) is 22.6 Å². The molecule has 1 aliphatic heterocycles. The molecule has 45 heavy (non-hydrogen) atoms. The van der Waals surface area contributed by atoms with E-state index in [2.05, 4.69) is 32.6 Å². The van der Waals surface area contributed by atoms with Gasteiger partial charge in [0.05, 0.1) is 44.7 Å². The van der Waals surface area contributed by atoms with Gasteiger partial charge >= 0.3 is 0 Å². The number of nitrogens with one attached hydrogen (secondary N) is 4. The molecule has 2 radical (unpaired) electrons. The van der Waals surface area contributed by atoms with Gasteiger partial charge in [-0.1, -0.05) is 54.1 Å². The number of nitriles is 1. The van der Waals surface area contributed by atoms with E-state index in [-0.39, 0.29) is 17.7 Å². The summed E-state index contributed by atoms with van der Waals surface area (Å²) in [6.45, 7) is 0. The fourth-order valence-corrected chi connectivity index (χ4v) is 6.33. The third-order valence-corrected chi connectivity index (χ3v) is 9.20. The van der Waals surface area contributed by atoms with E-state index in [0.29, 0.717) is 44.6 Å². The van der Waals surface area contributed by atoms with Crippen LogP contribution in [-0.2, 0) is 15.3 Å². The molecule has 3 aromatic carbocycles. The van der Waals surface area contributed by atoms with Gasteiger partial charge in [-0.05, 0) is 54.7 Å². The molecule has 0 spiro atoms. The topological polar surface area (TPSA) is 122 Å². The number of rotatable bonds is 11. The van der Waals surface area contributed by atoms with Crippen molar-refractivity contribution >= 4 is 51.6 Å². The van der Waals surface area contributed by atoms with Crippen molar-refractivity contribution < 1.29 is 12.8 Å². The molecule has 2 atom stereocenters. The first-order chi connectivity index (χ1) is 21.5. The molecule has 6 rings (SSSR count). The van der Waals surface area contributed by atoms with E-state index >= 15 is 0 Å². The second-order valence-electron chi connectivity index (χ2n) is 11.4. The molecule has 0 amide bonds. The summed E-state index contributed by atoms with van der Waals surface area (Å²) in [7, 11) is 3.84. The normalized spacial score (nSPS) is 16.8. The minimum Gasteiger partial charge on any atom is -0.378 e. The van der Waals surface area contributed by atoms with Crippen molar-refractivity contribution in [1.82, 2.24) is 21.0 Å². The number of hydrogen-bond donors (Lipinski definition) is 4. The first-order valence-electron chi connectivity index (χ1n) is 14.4. The minimum absolute atomic E-state index is 0.0561. The van der Waals surface area contributed by atoms with Crippen molar-refractivity contribution in [3.8, 4) is 6.07 Å². The van der Waals surface area contributed by atoms with Crippen LogP contribution in [0.2, 0.25) is 5.02 Å². The van der Waals surface area contributed by atoms with Crippen LogP contribution in [0.15, 0.2) is 84.8 Å². The lowest BCUT2D eigenvalue weighted by atomic mass is 9.69. The maximum absolute atomic E-state index is 13.9. The Kier molecular flexibility index (Phi) is 8.35. The molecule has 2 aliphatic rings. The molecule has 0 saturated heterocycles. The van der Waals surface area contributed by atoms with E-state index in [1.54, 1.807) is 24.3 Å². The predicted molar refractivity (Wildman–Crippen MR) is 175 cm³/mol. The quantitative estimate of drug-likeness (QED) is 0.163. The second kappa shape index (κ2) is 12.2. The number of halogens is 2. The highest BCUT2D eigenvalue weighted by atomic mass is 35.5. The van der Waals surface area contributed by atoms with Crippen LogP contribution >= 0.6 is 11.6 Å². The Morgan fingerprint density at radius 2 is 1.93 bits per heavy atom. The van der Waals surface area contributed by atoms with Crippen LogP contribution in [0.1, 0.15) is 42.0 Å². The number of fused-ring (bicyclic) bond motifs is 1. The molecule has 1 saturated carbocycles. The second-order valence-corrected chi connectivity index (χ2v) is 14.1. The fraction of sp³-hybridized carbons (Fsp3) is 0.250. The van der Waals surface area contributed by atoms with E-state index < -0.39 is 27.1 Å². The molecule has 2 heterocycles. The van der Waals surface area contributed by atoms with Gasteiger partial charge in [-0.3, -0.25) is 9.99 Å². The van der Waals surface area contributed by atoms with Crippen molar-refractivity contribution in [3.05, 3.63) is 112 Å². The molecule has 4 aromatic rings. The lowest BCUT2D eigenvalue weighted by Crippen LogP contribution is -2.45. The van der Waals surface area contributed by atoms with Gasteiger partial charge in [0.1, 0.15) is 29.6 Å². The van der Waals surface area contributed by atoms with Crippen LogP contribution in [-0.4, -0.2) is 44.3 Å². The van der Waals surface area contributed by atoms with Crippen molar-refractivity contribution in [3.63, 3.8) is 0 Å². The van der Waals surface area contributed by atoms with Crippen molar-refractivity contribution in [2.45, 2.75) is 36.8 Å². The lowest BCUT2D eigenvalue weighted by molar-refractivity contribution is 0.260. The van der Waals surface area contributed by atoms with Gasteiger partial charge in [0.15, 0.2) is 0 Å². The summed E-state index contributed by atoms with van der Waals surface area (Å²) in [4.78, 5) is 4.47. The molecule has 4 N–H and O–H groups in total. The smallest absolute Gasteiger partial charge is 0.147 e. The Balaban J connectivity index is 1.44. The van der Waals surface area contributed by atoms with Gasteiger partial charge in [-0.2, -0.15) is 5.26 Å². The summed E-state index contributed by atoms with van der Waals surface area (Å²) < 4.78 is 38.2. The summed E-state index contributed by atoms with van der Waals surface area (Å²) in [5.41, 5.74) is 8.68. The number of sulfone groups is 1. The van der Waals surface area contributed by atoms with E-state index in [9.17, 15) is 18.1 Å². The SMILES string of the molecule is [B][C@@](Nc1cc(Cl)c2ncc(C#N)c(N[C@H](CCS(C)(=O)=O)c3ccccc3)c2c1)(C1=CN(C2CC2)NN1)c1ccc(F)cc1. The summed E-state index contributed by atoms with van der Waals surface area (Å²) in [5.74, 6) is -0.449. The highest BCUT2D eigenvalue weighted by Gasteiger charge is 2.38. The number of anilines is 2. The standard InChI is InChI=1S/C32H30BClFN7O2S/c1-45(43,44)14-13-28(20-5-3-2-4-6-20)38-30-21(17-36)18-37-31-26(30)15-24(16-27(31)34)39-32(33,22-7-9-23(35)10-8-22)29-19-42(41-40-29)25-11-12-25/h2-10,15-16,18-19,25,28,39-41H,11-14H2,1H3,(H,37,38)/t28-,32+/m1/s1. The third kappa shape index (κ3) is 6.71. The molecule has 13 heteroatoms. The van der Waals surface area contributed by atoms with Crippen LogP contribution in [0.4, 0.5) is 15.8 Å². The molecule has 9 nitrogen and oxygen atoms in total. The average Bonchev–Trinajstić information content (AvgIpc) is 3.74. The molecule has 1 aromatic heterocycles. The largest absolute Gasteiger partial charge is 0.378 e. The van der Waals surface area contributed by atoms with E-state index in [1.807, 2.05) is 41.5 Å². The summed E-state index contributed by atoms with van der Waals surface area (Å²) in [5, 5.41) is 19.7. The van der Waals surface area contributed by atoms with Crippen LogP contribution in [0, 0.1) is 17.1 Å². The Morgan fingerprint density at radius 3 is 2.60 bits per heavy atom. The van der Waals surface area contributed by atoms with Crippen LogP contribution in [0.5, 0.6) is 0 Å². The Labute approximate surface area is 267 Å². The fourth-order valence-electron chi connectivity index (χ4n) is 5.40. The van der Waals surface area contributed by atoms with E-state index in [4.69, 9.17) is 19.4 Å². The zero-order valence-corrected chi connectivity index (χ0v) is 26.0. The van der Waals surface area contributed by atoms with Gasteiger partial charge in [0.25, 0.3) is 0 Å². The molecule has 1 aliphatic carbocycles. The number of hydrazine groups is 2. The number of aromatic nitrogens is 1. The molecule has 1 fully saturated rings. The van der Waals surface area contributed by atoms with Gasteiger partial charge in [-0.15, -0.1) is 5.53 Å². The van der Waals surface area contributed by atoms with E-state index in [0.717, 1.165) is 18.4 Å².